The molecule has 2 aliphatic heterocycles. The van der Waals surface area contributed by atoms with Crippen LogP contribution in [0.15, 0.2) is 28.8 Å². The third-order valence-electron chi connectivity index (χ3n) is 5.61. The minimum atomic E-state index is -0.306. The van der Waals surface area contributed by atoms with Gasteiger partial charge in [0.1, 0.15) is 5.82 Å². The molecule has 1 aromatic carbocycles. The average molecular weight is 386 g/mol. The van der Waals surface area contributed by atoms with Crippen molar-refractivity contribution < 1.29 is 18.5 Å². The van der Waals surface area contributed by atoms with Crippen molar-refractivity contribution in [1.29, 1.82) is 0 Å². The molecular formula is C20H23FN4O3. The number of rotatable bonds is 4. The maximum absolute atomic E-state index is 13.0. The van der Waals surface area contributed by atoms with Crippen LogP contribution in [0, 0.1) is 5.82 Å². The summed E-state index contributed by atoms with van der Waals surface area (Å²) in [6.45, 7) is 4.15. The molecule has 2 aromatic rings. The first-order valence-electron chi connectivity index (χ1n) is 9.61. The van der Waals surface area contributed by atoms with Crippen molar-refractivity contribution in [2.75, 3.05) is 26.2 Å². The fraction of sp³-hybridized carbons (Fsp3) is 0.500. The van der Waals surface area contributed by atoms with E-state index in [4.69, 9.17) is 4.52 Å². The molecule has 7 nitrogen and oxygen atoms in total. The normalized spacial score (nSPS) is 18.2. The van der Waals surface area contributed by atoms with Crippen molar-refractivity contribution in [3.8, 4) is 0 Å². The summed E-state index contributed by atoms with van der Waals surface area (Å²) >= 11 is 0. The van der Waals surface area contributed by atoms with Crippen LogP contribution in [0.4, 0.5) is 4.39 Å². The lowest BCUT2D eigenvalue weighted by Crippen LogP contribution is -2.49. The molecule has 2 amide bonds. The Kier molecular flexibility index (Phi) is 5.11. The van der Waals surface area contributed by atoms with Gasteiger partial charge >= 0.3 is 0 Å². The van der Waals surface area contributed by atoms with E-state index >= 15 is 0 Å². The van der Waals surface area contributed by atoms with Crippen LogP contribution in [0.5, 0.6) is 0 Å². The maximum Gasteiger partial charge on any atom is 0.233 e. The number of carbonyl (C=O) groups is 2. The summed E-state index contributed by atoms with van der Waals surface area (Å²) < 4.78 is 18.4. The lowest BCUT2D eigenvalue weighted by atomic mass is 9.95. The summed E-state index contributed by atoms with van der Waals surface area (Å²) in [5.41, 5.74) is 0.798. The van der Waals surface area contributed by atoms with E-state index in [-0.39, 0.29) is 35.9 Å². The highest BCUT2D eigenvalue weighted by molar-refractivity contribution is 5.79. The predicted molar refractivity (Wildman–Crippen MR) is 98.0 cm³/mol. The number of halogens is 1. The third-order valence-corrected chi connectivity index (χ3v) is 5.61. The molecule has 2 aliphatic rings. The first kappa shape index (κ1) is 18.6. The SMILES string of the molecule is CC(=O)N1CCC(c2noc(C3CN(C(=O)Cc4ccc(F)cc4)C3)n2)CC1. The largest absolute Gasteiger partial charge is 0.343 e. The van der Waals surface area contributed by atoms with Gasteiger partial charge in [-0.2, -0.15) is 4.98 Å². The second-order valence-corrected chi connectivity index (χ2v) is 7.57. The Labute approximate surface area is 162 Å². The van der Waals surface area contributed by atoms with Gasteiger partial charge in [0.05, 0.1) is 12.3 Å². The molecule has 0 aliphatic carbocycles. The van der Waals surface area contributed by atoms with Gasteiger partial charge in [-0.1, -0.05) is 17.3 Å². The van der Waals surface area contributed by atoms with Crippen LogP contribution in [0.2, 0.25) is 0 Å². The van der Waals surface area contributed by atoms with Crippen LogP contribution >= 0.6 is 0 Å². The zero-order valence-electron chi connectivity index (χ0n) is 15.8. The Morgan fingerprint density at radius 3 is 2.43 bits per heavy atom. The van der Waals surface area contributed by atoms with Gasteiger partial charge in [-0.25, -0.2) is 4.39 Å². The van der Waals surface area contributed by atoms with Crippen molar-refractivity contribution in [3.05, 3.63) is 47.4 Å². The molecule has 0 spiro atoms. The van der Waals surface area contributed by atoms with Gasteiger partial charge in [0, 0.05) is 39.0 Å². The summed E-state index contributed by atoms with van der Waals surface area (Å²) in [5, 5.41) is 4.13. The van der Waals surface area contributed by atoms with Crippen LogP contribution in [-0.4, -0.2) is 57.9 Å². The third kappa shape index (κ3) is 3.90. The van der Waals surface area contributed by atoms with Crippen molar-refractivity contribution in [3.63, 3.8) is 0 Å². The fourth-order valence-electron chi connectivity index (χ4n) is 3.76. The molecule has 28 heavy (non-hydrogen) atoms. The highest BCUT2D eigenvalue weighted by Crippen LogP contribution is 2.30. The Bertz CT molecular complexity index is 853. The van der Waals surface area contributed by atoms with E-state index in [1.54, 1.807) is 24.0 Å². The van der Waals surface area contributed by atoms with Crippen molar-refractivity contribution in [2.45, 2.75) is 38.0 Å². The van der Waals surface area contributed by atoms with Crippen molar-refractivity contribution in [1.82, 2.24) is 19.9 Å². The molecule has 2 saturated heterocycles. The second-order valence-electron chi connectivity index (χ2n) is 7.57. The predicted octanol–water partition coefficient (Wildman–Crippen LogP) is 2.10. The molecule has 0 unspecified atom stereocenters. The van der Waals surface area contributed by atoms with Crippen LogP contribution in [0.25, 0.3) is 0 Å². The number of amides is 2. The van der Waals surface area contributed by atoms with E-state index in [1.165, 1.54) is 12.1 Å². The molecule has 4 rings (SSSR count). The molecule has 3 heterocycles. The highest BCUT2D eigenvalue weighted by atomic mass is 19.1. The summed E-state index contributed by atoms with van der Waals surface area (Å²) in [6.07, 6.45) is 1.94. The smallest absolute Gasteiger partial charge is 0.233 e. The fourth-order valence-corrected chi connectivity index (χ4v) is 3.76. The van der Waals surface area contributed by atoms with Gasteiger partial charge in [0.2, 0.25) is 17.7 Å². The van der Waals surface area contributed by atoms with Crippen molar-refractivity contribution in [2.24, 2.45) is 0 Å². The molecule has 0 atom stereocenters. The summed E-state index contributed by atoms with van der Waals surface area (Å²) in [6, 6.07) is 5.99. The Balaban J connectivity index is 1.28. The minimum absolute atomic E-state index is 0.0131. The van der Waals surface area contributed by atoms with Gasteiger partial charge in [0.25, 0.3) is 0 Å². The summed E-state index contributed by atoms with van der Waals surface area (Å²) in [7, 11) is 0. The summed E-state index contributed by atoms with van der Waals surface area (Å²) in [5.74, 6) is 1.37. The Hall–Kier alpha value is -2.77. The van der Waals surface area contributed by atoms with Gasteiger partial charge in [0.15, 0.2) is 5.82 Å². The van der Waals surface area contributed by atoms with E-state index in [1.807, 2.05) is 4.90 Å². The lowest BCUT2D eigenvalue weighted by molar-refractivity contribution is -0.135. The molecule has 2 fully saturated rings. The Morgan fingerprint density at radius 1 is 1.11 bits per heavy atom. The highest BCUT2D eigenvalue weighted by Gasteiger charge is 2.36. The van der Waals surface area contributed by atoms with Crippen LogP contribution in [0.1, 0.15) is 48.9 Å². The molecule has 1 aromatic heterocycles. The number of benzene rings is 1. The zero-order chi connectivity index (χ0) is 19.7. The number of carbonyl (C=O) groups excluding carboxylic acids is 2. The number of piperidine rings is 1. The van der Waals surface area contributed by atoms with Gasteiger partial charge in [-0.15, -0.1) is 0 Å². The maximum atomic E-state index is 13.0. The molecule has 0 radical (unpaired) electrons. The van der Waals surface area contributed by atoms with Gasteiger partial charge in [-0.3, -0.25) is 9.59 Å². The molecule has 148 valence electrons. The quantitative estimate of drug-likeness (QED) is 0.804. The van der Waals surface area contributed by atoms with E-state index in [9.17, 15) is 14.0 Å². The molecule has 0 saturated carbocycles. The summed E-state index contributed by atoms with van der Waals surface area (Å²) in [4.78, 5) is 31.9. The zero-order valence-corrected chi connectivity index (χ0v) is 15.8. The van der Waals surface area contributed by atoms with Gasteiger partial charge < -0.3 is 14.3 Å². The molecule has 0 N–H and O–H groups in total. The number of aromatic nitrogens is 2. The first-order valence-corrected chi connectivity index (χ1v) is 9.61. The van der Waals surface area contributed by atoms with E-state index in [0.29, 0.717) is 24.8 Å². The van der Waals surface area contributed by atoms with Crippen LogP contribution < -0.4 is 0 Å². The van der Waals surface area contributed by atoms with E-state index in [0.717, 1.165) is 31.5 Å². The van der Waals surface area contributed by atoms with E-state index in [2.05, 4.69) is 10.1 Å². The van der Waals surface area contributed by atoms with E-state index < -0.39 is 0 Å². The minimum Gasteiger partial charge on any atom is -0.343 e. The lowest BCUT2D eigenvalue weighted by Gasteiger charge is -2.37. The number of nitrogens with zero attached hydrogens (tertiary/aromatic N) is 4. The number of hydrogen-bond donors (Lipinski definition) is 0. The van der Waals surface area contributed by atoms with Crippen molar-refractivity contribution >= 4 is 11.8 Å². The van der Waals surface area contributed by atoms with Gasteiger partial charge in [-0.05, 0) is 30.5 Å². The monoisotopic (exact) mass is 386 g/mol. The number of likely N-dealkylation sites (tertiary alicyclic amines) is 2. The van der Waals surface area contributed by atoms with Crippen LogP contribution in [-0.2, 0) is 16.0 Å². The Morgan fingerprint density at radius 2 is 1.79 bits per heavy atom. The molecule has 0 bridgehead atoms. The van der Waals surface area contributed by atoms with Crippen LogP contribution in [0.3, 0.4) is 0 Å². The number of hydrogen-bond acceptors (Lipinski definition) is 5. The topological polar surface area (TPSA) is 79.5 Å². The second kappa shape index (κ2) is 7.69. The molecule has 8 heteroatoms. The molecular weight excluding hydrogens is 363 g/mol. The average Bonchev–Trinajstić information content (AvgIpc) is 3.12. The standard InChI is InChI=1S/C20H23FN4O3/c1-13(26)24-8-6-15(7-9-24)19-22-20(28-23-19)16-11-25(12-16)18(27)10-14-2-4-17(21)5-3-14/h2-5,15-16H,6-12H2,1H3. The first-order chi connectivity index (χ1) is 13.5.